The molecule has 1 aliphatic rings. The lowest BCUT2D eigenvalue weighted by atomic mass is 9.99. The molecule has 0 atom stereocenters. The van der Waals surface area contributed by atoms with Crippen LogP contribution in [0.2, 0.25) is 0 Å². The summed E-state index contributed by atoms with van der Waals surface area (Å²) in [5.74, 6) is -0.0835. The minimum atomic E-state index is -0.374. The highest BCUT2D eigenvalue weighted by Crippen LogP contribution is 2.24. The summed E-state index contributed by atoms with van der Waals surface area (Å²) in [5, 5.41) is 5.80. The Bertz CT molecular complexity index is 774. The Labute approximate surface area is 141 Å². The van der Waals surface area contributed by atoms with E-state index in [0.29, 0.717) is 24.3 Å². The van der Waals surface area contributed by atoms with Gasteiger partial charge < -0.3 is 15.4 Å². The van der Waals surface area contributed by atoms with Gasteiger partial charge in [-0.15, -0.1) is 0 Å². The van der Waals surface area contributed by atoms with E-state index in [-0.39, 0.29) is 24.0 Å². The van der Waals surface area contributed by atoms with Gasteiger partial charge in [-0.25, -0.2) is 4.39 Å². The molecule has 2 aromatic carbocycles. The van der Waals surface area contributed by atoms with Crippen LogP contribution < -0.4 is 15.4 Å². The lowest BCUT2D eigenvalue weighted by Gasteiger charge is -2.19. The molecule has 24 heavy (non-hydrogen) atoms. The number of carbonyl (C=O) groups excluding carboxylic acids is 1. The quantitative estimate of drug-likeness (QED) is 0.907. The highest BCUT2D eigenvalue weighted by Gasteiger charge is 2.17. The number of fused-ring (bicyclic) bond motifs is 1. The standard InChI is InChI=1S/C19H21FN2O2/c1-12-3-5-15(9-13(12)2)24-11-18(23)22-17-6-4-14-10-21-8-7-16(14)19(17)20/h3-6,9,21H,7-8,10-11H2,1-2H3,(H,22,23). The van der Waals surface area contributed by atoms with Gasteiger partial charge in [0.1, 0.15) is 11.6 Å². The van der Waals surface area contributed by atoms with Gasteiger partial charge in [-0.05, 0) is 67.3 Å². The zero-order valence-corrected chi connectivity index (χ0v) is 13.9. The molecular weight excluding hydrogens is 307 g/mol. The van der Waals surface area contributed by atoms with Gasteiger partial charge in [-0.1, -0.05) is 12.1 Å². The molecule has 0 saturated heterocycles. The van der Waals surface area contributed by atoms with Crippen LogP contribution in [0.15, 0.2) is 30.3 Å². The maximum Gasteiger partial charge on any atom is 0.262 e. The number of ether oxygens (including phenoxy) is 1. The number of rotatable bonds is 4. The molecule has 5 heteroatoms. The molecule has 3 rings (SSSR count). The van der Waals surface area contributed by atoms with Crippen LogP contribution in [0.3, 0.4) is 0 Å². The summed E-state index contributed by atoms with van der Waals surface area (Å²) in [6.45, 7) is 5.26. The molecule has 0 saturated carbocycles. The van der Waals surface area contributed by atoms with Crippen LogP contribution in [-0.2, 0) is 17.8 Å². The predicted octanol–water partition coefficient (Wildman–Crippen LogP) is 3.11. The average molecular weight is 328 g/mol. The fourth-order valence-electron chi connectivity index (χ4n) is 2.77. The first-order chi connectivity index (χ1) is 11.5. The average Bonchev–Trinajstić information content (AvgIpc) is 2.59. The predicted molar refractivity (Wildman–Crippen MR) is 91.9 cm³/mol. The van der Waals surface area contributed by atoms with Crippen molar-refractivity contribution >= 4 is 11.6 Å². The third-order valence-corrected chi connectivity index (χ3v) is 4.33. The number of benzene rings is 2. The van der Waals surface area contributed by atoms with Crippen molar-refractivity contribution in [2.24, 2.45) is 0 Å². The zero-order valence-electron chi connectivity index (χ0n) is 13.9. The second-order valence-corrected chi connectivity index (χ2v) is 6.07. The molecule has 0 radical (unpaired) electrons. The van der Waals surface area contributed by atoms with Crippen molar-refractivity contribution in [2.75, 3.05) is 18.5 Å². The SMILES string of the molecule is Cc1ccc(OCC(=O)Nc2ccc3c(c2F)CCNC3)cc1C. The summed E-state index contributed by atoms with van der Waals surface area (Å²) in [6, 6.07) is 9.11. The molecule has 1 aliphatic heterocycles. The number of aryl methyl sites for hydroxylation is 2. The summed E-state index contributed by atoms with van der Waals surface area (Å²) in [5.41, 5.74) is 4.11. The van der Waals surface area contributed by atoms with Crippen LogP contribution in [0.1, 0.15) is 22.3 Å². The number of halogens is 1. The van der Waals surface area contributed by atoms with E-state index in [1.165, 1.54) is 0 Å². The monoisotopic (exact) mass is 328 g/mol. The molecule has 0 fully saturated rings. The zero-order chi connectivity index (χ0) is 17.1. The van der Waals surface area contributed by atoms with Crippen LogP contribution in [0.25, 0.3) is 0 Å². The Morgan fingerprint density at radius 2 is 2.08 bits per heavy atom. The maximum atomic E-state index is 14.5. The fraction of sp³-hybridized carbons (Fsp3) is 0.316. The van der Waals surface area contributed by atoms with Gasteiger partial charge in [0.2, 0.25) is 0 Å². The Balaban J connectivity index is 1.63. The van der Waals surface area contributed by atoms with E-state index in [9.17, 15) is 9.18 Å². The van der Waals surface area contributed by atoms with E-state index in [2.05, 4.69) is 10.6 Å². The number of carbonyl (C=O) groups is 1. The van der Waals surface area contributed by atoms with Crippen molar-refractivity contribution in [2.45, 2.75) is 26.8 Å². The first kappa shape index (κ1) is 16.5. The van der Waals surface area contributed by atoms with E-state index in [0.717, 1.165) is 23.2 Å². The van der Waals surface area contributed by atoms with Crippen molar-refractivity contribution < 1.29 is 13.9 Å². The van der Waals surface area contributed by atoms with Gasteiger partial charge >= 0.3 is 0 Å². The molecule has 2 N–H and O–H groups in total. The molecule has 1 amide bonds. The van der Waals surface area contributed by atoms with Crippen LogP contribution in [0, 0.1) is 19.7 Å². The first-order valence-corrected chi connectivity index (χ1v) is 8.05. The second-order valence-electron chi connectivity index (χ2n) is 6.07. The summed E-state index contributed by atoms with van der Waals surface area (Å²) >= 11 is 0. The number of hydrogen-bond donors (Lipinski definition) is 2. The minimum absolute atomic E-state index is 0.152. The summed E-state index contributed by atoms with van der Waals surface area (Å²) in [7, 11) is 0. The third kappa shape index (κ3) is 3.57. The maximum absolute atomic E-state index is 14.5. The molecular formula is C19H21FN2O2. The topological polar surface area (TPSA) is 50.4 Å². The molecule has 4 nitrogen and oxygen atoms in total. The Morgan fingerprint density at radius 1 is 1.25 bits per heavy atom. The molecule has 126 valence electrons. The van der Waals surface area contributed by atoms with Crippen LogP contribution in [0.5, 0.6) is 5.75 Å². The van der Waals surface area contributed by atoms with Gasteiger partial charge in [0.15, 0.2) is 6.61 Å². The van der Waals surface area contributed by atoms with Crippen LogP contribution in [0.4, 0.5) is 10.1 Å². The molecule has 0 aliphatic carbocycles. The van der Waals surface area contributed by atoms with E-state index in [4.69, 9.17) is 4.74 Å². The molecule has 1 heterocycles. The molecule has 2 aromatic rings. The van der Waals surface area contributed by atoms with Gasteiger partial charge in [-0.3, -0.25) is 4.79 Å². The molecule has 0 spiro atoms. The summed E-state index contributed by atoms with van der Waals surface area (Å²) in [6.07, 6.45) is 0.629. The lowest BCUT2D eigenvalue weighted by Crippen LogP contribution is -2.26. The molecule has 0 bridgehead atoms. The van der Waals surface area contributed by atoms with Gasteiger partial charge in [0.25, 0.3) is 5.91 Å². The van der Waals surface area contributed by atoms with Gasteiger partial charge in [0, 0.05) is 6.54 Å². The number of nitrogens with one attached hydrogen (secondary N) is 2. The normalized spacial score (nSPS) is 13.3. The summed E-state index contributed by atoms with van der Waals surface area (Å²) < 4.78 is 20.0. The van der Waals surface area contributed by atoms with E-state index in [1.807, 2.05) is 38.1 Å². The third-order valence-electron chi connectivity index (χ3n) is 4.33. The molecule has 0 aromatic heterocycles. The van der Waals surface area contributed by atoms with Crippen molar-refractivity contribution in [1.29, 1.82) is 0 Å². The molecule has 0 unspecified atom stereocenters. The lowest BCUT2D eigenvalue weighted by molar-refractivity contribution is -0.118. The van der Waals surface area contributed by atoms with Crippen molar-refractivity contribution in [1.82, 2.24) is 5.32 Å². The van der Waals surface area contributed by atoms with Gasteiger partial charge in [-0.2, -0.15) is 0 Å². The second kappa shape index (κ2) is 7.01. The Hall–Kier alpha value is -2.40. The highest BCUT2D eigenvalue weighted by atomic mass is 19.1. The Kier molecular flexibility index (Phi) is 4.81. The smallest absolute Gasteiger partial charge is 0.262 e. The Morgan fingerprint density at radius 3 is 2.88 bits per heavy atom. The number of anilines is 1. The fourth-order valence-corrected chi connectivity index (χ4v) is 2.77. The van der Waals surface area contributed by atoms with E-state index < -0.39 is 0 Å². The van der Waals surface area contributed by atoms with E-state index >= 15 is 0 Å². The first-order valence-electron chi connectivity index (χ1n) is 8.05. The van der Waals surface area contributed by atoms with Crippen molar-refractivity contribution in [3.63, 3.8) is 0 Å². The van der Waals surface area contributed by atoms with E-state index in [1.54, 1.807) is 6.07 Å². The minimum Gasteiger partial charge on any atom is -0.484 e. The summed E-state index contributed by atoms with van der Waals surface area (Å²) in [4.78, 5) is 12.0. The van der Waals surface area contributed by atoms with Crippen molar-refractivity contribution in [3.8, 4) is 5.75 Å². The van der Waals surface area contributed by atoms with Crippen molar-refractivity contribution in [3.05, 3.63) is 58.4 Å². The number of amides is 1. The highest BCUT2D eigenvalue weighted by molar-refractivity contribution is 5.92. The van der Waals surface area contributed by atoms with Crippen LogP contribution >= 0.6 is 0 Å². The number of hydrogen-bond acceptors (Lipinski definition) is 3. The largest absolute Gasteiger partial charge is 0.484 e. The van der Waals surface area contributed by atoms with Gasteiger partial charge in [0.05, 0.1) is 5.69 Å². The van der Waals surface area contributed by atoms with Crippen LogP contribution in [-0.4, -0.2) is 19.1 Å².